The van der Waals surface area contributed by atoms with E-state index in [0.717, 1.165) is 22.0 Å². The van der Waals surface area contributed by atoms with Gasteiger partial charge in [0.05, 0.1) is 25.9 Å². The molecule has 0 bridgehead atoms. The molecule has 69 heavy (non-hydrogen) atoms. The van der Waals surface area contributed by atoms with E-state index in [1.54, 1.807) is 14.1 Å². The molecule has 4 aliphatic heterocycles. The molecular weight excluding hydrogens is 927 g/mol. The third-order valence-corrected chi connectivity index (χ3v) is 17.5. The van der Waals surface area contributed by atoms with Gasteiger partial charge < -0.3 is 54.7 Å². The first-order chi connectivity index (χ1) is 32.9. The number of aliphatic hydroxyl groups is 3. The van der Waals surface area contributed by atoms with Crippen LogP contribution in [0.15, 0.2) is 60.8 Å². The number of rotatable bonds is 17. The topological polar surface area (TPSA) is 238 Å². The van der Waals surface area contributed by atoms with Crippen LogP contribution in [0.5, 0.6) is 5.75 Å². The number of amides is 2. The number of H-pyrrole nitrogens is 1. The maximum atomic E-state index is 15.1. The number of likely N-dealkylation sites (N-methyl/N-ethyl adjacent to an activating group) is 2. The molecule has 2 fully saturated rings. The molecule has 2 amide bonds. The molecule has 8 N–H and O–H groups in total. The lowest BCUT2D eigenvalue weighted by molar-refractivity contribution is -0.182. The summed E-state index contributed by atoms with van der Waals surface area (Å²) >= 11 is 0. The second-order valence-electron chi connectivity index (χ2n) is 19.3. The van der Waals surface area contributed by atoms with E-state index in [9.17, 15) is 34.8 Å². The predicted molar refractivity (Wildman–Crippen MR) is 264 cm³/mol. The molecule has 9 atom stereocenters. The number of aromatic nitrogens is 1. The Labute approximate surface area is 409 Å². The summed E-state index contributed by atoms with van der Waals surface area (Å²) in [6.07, 6.45) is 6.44. The zero-order valence-electron chi connectivity index (χ0n) is 40.1. The number of carbonyl (C=O) groups excluding carboxylic acids is 3. The molecule has 1 aromatic heterocycles. The number of ether oxygens (including phenoxy) is 3. The largest absolute Gasteiger partial charge is 0.496 e. The smallest absolute Gasteiger partial charge is 0.426 e. The summed E-state index contributed by atoms with van der Waals surface area (Å²) in [5, 5.41) is 50.2. The number of esters is 1. The van der Waals surface area contributed by atoms with Crippen LogP contribution in [0.25, 0.3) is 10.9 Å². The van der Waals surface area contributed by atoms with Crippen molar-refractivity contribution in [2.24, 2.45) is 11.8 Å². The Morgan fingerprint density at radius 2 is 1.86 bits per heavy atom. The van der Waals surface area contributed by atoms with Crippen LogP contribution < -0.4 is 25.8 Å². The number of anilines is 1. The van der Waals surface area contributed by atoms with E-state index < -0.39 is 76.1 Å². The summed E-state index contributed by atoms with van der Waals surface area (Å²) in [6, 6.07) is 9.43. The van der Waals surface area contributed by atoms with E-state index in [2.05, 4.69) is 44.8 Å². The van der Waals surface area contributed by atoms with Gasteiger partial charge in [-0.3, -0.25) is 24.7 Å². The van der Waals surface area contributed by atoms with Crippen molar-refractivity contribution in [3.05, 3.63) is 83.2 Å². The van der Waals surface area contributed by atoms with E-state index in [-0.39, 0.29) is 12.5 Å². The summed E-state index contributed by atoms with van der Waals surface area (Å²) < 4.78 is 17.3. The van der Waals surface area contributed by atoms with Gasteiger partial charge in [0.25, 0.3) is 5.91 Å². The van der Waals surface area contributed by atoms with Gasteiger partial charge in [-0.25, -0.2) is 10.2 Å². The number of hydrogen-bond donors (Lipinski definition) is 8. The van der Waals surface area contributed by atoms with Crippen LogP contribution in [-0.2, 0) is 41.2 Å². The maximum Gasteiger partial charge on any atom is 0.426 e. The van der Waals surface area contributed by atoms with Crippen LogP contribution in [0.4, 0.5) is 10.5 Å². The monoisotopic (exact) mass is 991 g/mol. The van der Waals surface area contributed by atoms with Crippen molar-refractivity contribution in [3.8, 4) is 5.75 Å². The van der Waals surface area contributed by atoms with Crippen LogP contribution in [0.2, 0.25) is 0 Å². The number of aliphatic carboxylic acids is 1. The highest BCUT2D eigenvalue weighted by molar-refractivity contribution is 8.76. The predicted octanol–water partition coefficient (Wildman–Crippen LogP) is 3.39. The van der Waals surface area contributed by atoms with Gasteiger partial charge in [0, 0.05) is 95.0 Å². The fourth-order valence-electron chi connectivity index (χ4n) is 12.2. The van der Waals surface area contributed by atoms with Gasteiger partial charge in [0.15, 0.2) is 11.0 Å². The molecule has 5 heterocycles. The van der Waals surface area contributed by atoms with Crippen LogP contribution in [0, 0.1) is 11.8 Å². The fraction of sp³-hybridized carbons (Fsp3) is 0.551. The van der Waals surface area contributed by atoms with Gasteiger partial charge in [-0.15, -0.1) is 0 Å². The minimum Gasteiger partial charge on any atom is -0.496 e. The summed E-state index contributed by atoms with van der Waals surface area (Å²) in [6.45, 7) is 7.93. The summed E-state index contributed by atoms with van der Waals surface area (Å²) in [4.78, 5) is 63.6. The van der Waals surface area contributed by atoms with Crippen molar-refractivity contribution in [3.63, 3.8) is 0 Å². The Hall–Kier alpha value is -4.96. The Morgan fingerprint density at radius 3 is 2.55 bits per heavy atom. The molecule has 374 valence electrons. The summed E-state index contributed by atoms with van der Waals surface area (Å²) in [5.74, 6) is -2.13. The van der Waals surface area contributed by atoms with Crippen molar-refractivity contribution >= 4 is 62.1 Å². The molecule has 1 spiro atoms. The minimum atomic E-state index is -2.52. The van der Waals surface area contributed by atoms with Crippen molar-refractivity contribution in [1.82, 2.24) is 31.0 Å². The number of carboxylic acid groups (broad SMARTS) is 1. The van der Waals surface area contributed by atoms with Crippen LogP contribution in [-0.4, -0.2) is 161 Å². The van der Waals surface area contributed by atoms with Gasteiger partial charge in [0.2, 0.25) is 0 Å². The molecule has 18 nitrogen and oxygen atoms in total. The van der Waals surface area contributed by atoms with Gasteiger partial charge in [0.1, 0.15) is 24.5 Å². The number of fused-ring (bicyclic) bond motifs is 4. The Morgan fingerprint density at radius 1 is 1.09 bits per heavy atom. The van der Waals surface area contributed by atoms with E-state index in [1.807, 2.05) is 72.6 Å². The highest BCUT2D eigenvalue weighted by Crippen LogP contribution is 2.64. The minimum absolute atomic E-state index is 0.0543. The number of carboxylic acids is 1. The SMILES string of the molecule is CC[C@](O)(CC(C)C)CN1C=C[C@](C(=O)OC)(c2cc3c(cc2OC)N(C)[C@H]2[C@@](O)(C(=O)NNC(=O)OCCSSC[C@H](NC)C(=O)O)[C@H](O)C4C=CCN5CC[C@]32C45)c2[nH]c3ccccc3c2C1. The number of benzene rings is 2. The zero-order chi connectivity index (χ0) is 49.6. The lowest BCUT2D eigenvalue weighted by Gasteiger charge is -2.58. The Balaban J connectivity index is 1.19. The quantitative estimate of drug-likeness (QED) is 0.0318. The third-order valence-electron chi connectivity index (χ3n) is 15.1. The Kier molecular flexibility index (Phi) is 14.4. The molecule has 8 rings (SSSR count). The number of carbonyl (C=O) groups is 4. The average molecular weight is 992 g/mol. The normalized spacial score (nSPS) is 28.0. The lowest BCUT2D eigenvalue weighted by Crippen LogP contribution is -2.79. The Bertz CT molecular complexity index is 2520. The number of nitrogens with zero attached hydrogens (tertiary/aromatic N) is 3. The molecule has 1 saturated heterocycles. The number of methoxy groups -OCH3 is 2. The van der Waals surface area contributed by atoms with Crippen molar-refractivity contribution in [1.29, 1.82) is 0 Å². The van der Waals surface area contributed by atoms with Crippen molar-refractivity contribution in [2.75, 3.05) is 71.0 Å². The molecule has 2 unspecified atom stereocenters. The number of aromatic amines is 1. The molecule has 3 aromatic rings. The highest BCUT2D eigenvalue weighted by atomic mass is 33.1. The fourth-order valence-corrected chi connectivity index (χ4v) is 14.2. The molecule has 2 aromatic carbocycles. The number of aliphatic hydroxyl groups excluding tert-OH is 1. The van der Waals surface area contributed by atoms with Crippen LogP contribution in [0.1, 0.15) is 62.4 Å². The summed E-state index contributed by atoms with van der Waals surface area (Å²) in [7, 11) is 8.83. The molecule has 1 aliphatic carbocycles. The molecule has 1 saturated carbocycles. The van der Waals surface area contributed by atoms with Crippen LogP contribution >= 0.6 is 21.6 Å². The second kappa shape index (κ2) is 19.7. The van der Waals surface area contributed by atoms with E-state index >= 15 is 4.79 Å². The zero-order valence-corrected chi connectivity index (χ0v) is 41.7. The number of nitrogens with one attached hydrogen (secondary N) is 4. The number of hydrazine groups is 1. The standard InChI is InChI=1S/C49H65N7O11S2/c1-8-46(63,24-28(2)3)27-55-18-15-47(44(61)66-7,38-31(25-55)29-12-9-10-14-34(29)51-38)33-22-32-36(23-37(33)65-6)54(5)42-48(32)16-19-56-17-11-13-30(39(48)56)40(57)49(42,64)43(60)52-53-45(62)67-20-21-68-69-26-35(50-4)41(58)59/h9-15,18,22-23,28,30,35,39-40,42,50-51,57,63-64H,8,16-17,19-21,24-27H2,1-7H3,(H,52,60)(H,53,62)(H,58,59)/t30?,35-,39?,40+,42+,46-,47-,48+,49+/m0/s1. The first-order valence-electron chi connectivity index (χ1n) is 23.4. The van der Waals surface area contributed by atoms with E-state index in [0.29, 0.717) is 79.6 Å². The number of hydrogen-bond acceptors (Lipinski definition) is 16. The first-order valence-corrected chi connectivity index (χ1v) is 25.9. The van der Waals surface area contributed by atoms with Gasteiger partial charge in [-0.1, -0.05) is 72.7 Å². The average Bonchev–Trinajstić information content (AvgIpc) is 3.94. The first kappa shape index (κ1) is 50.4. The molecule has 5 aliphatic rings. The number of β-amino-alcohol motifs (C(OH)–C–C–N with tert-alkyl or cyclic N) is 1. The van der Waals surface area contributed by atoms with Crippen LogP contribution in [0.3, 0.4) is 0 Å². The maximum absolute atomic E-state index is 15.1. The van der Waals surface area contributed by atoms with Gasteiger partial charge in [-0.2, -0.15) is 0 Å². The molecule has 0 radical (unpaired) electrons. The van der Waals surface area contributed by atoms with Crippen molar-refractivity contribution in [2.45, 2.75) is 92.8 Å². The molecular formula is C49H65N7O11S2. The van der Waals surface area contributed by atoms with E-state index in [4.69, 9.17) is 14.2 Å². The highest BCUT2D eigenvalue weighted by Gasteiger charge is 2.75. The summed E-state index contributed by atoms with van der Waals surface area (Å²) in [5.41, 5.74) is 2.47. The van der Waals surface area contributed by atoms with Gasteiger partial charge in [-0.05, 0) is 68.7 Å². The van der Waals surface area contributed by atoms with Gasteiger partial charge >= 0.3 is 18.0 Å². The van der Waals surface area contributed by atoms with E-state index in [1.165, 1.54) is 35.8 Å². The second-order valence-corrected chi connectivity index (χ2v) is 21.9. The van der Waals surface area contributed by atoms with Crippen molar-refractivity contribution < 1.29 is 53.8 Å². The number of para-hydroxylation sites is 1. The molecule has 20 heteroatoms. The lowest BCUT2D eigenvalue weighted by atomic mass is 9.54. The third kappa shape index (κ3) is 8.42.